The van der Waals surface area contributed by atoms with Gasteiger partial charge in [-0.05, 0) is 75.1 Å². The molecular formula is C32H37Cl2N3O4S. The Hall–Kier alpha value is -3.07. The highest BCUT2D eigenvalue weighted by atomic mass is 35.5. The third-order valence-corrected chi connectivity index (χ3v) is 10.2. The fourth-order valence-electron chi connectivity index (χ4n) is 5.20. The largest absolute Gasteiger partial charge is 0.352 e. The van der Waals surface area contributed by atoms with Crippen molar-refractivity contribution < 1.29 is 18.0 Å². The first-order chi connectivity index (χ1) is 20.0. The minimum atomic E-state index is -4.12. The molecule has 2 amide bonds. The number of nitrogens with zero attached hydrogens (tertiary/aromatic N) is 2. The first-order valence-electron chi connectivity index (χ1n) is 14.2. The zero-order valence-corrected chi connectivity index (χ0v) is 26.5. The molecule has 1 fully saturated rings. The number of amides is 2. The highest BCUT2D eigenvalue weighted by molar-refractivity contribution is 7.92. The molecule has 10 heteroatoms. The van der Waals surface area contributed by atoms with Crippen molar-refractivity contribution in [1.29, 1.82) is 0 Å². The number of aryl methyl sites for hydroxylation is 2. The smallest absolute Gasteiger partial charge is 0.264 e. The van der Waals surface area contributed by atoms with Gasteiger partial charge in [0.1, 0.15) is 12.6 Å². The predicted molar refractivity (Wildman–Crippen MR) is 168 cm³/mol. The van der Waals surface area contributed by atoms with E-state index in [9.17, 15) is 18.0 Å². The van der Waals surface area contributed by atoms with Crippen LogP contribution in [0.2, 0.25) is 10.0 Å². The monoisotopic (exact) mass is 629 g/mol. The van der Waals surface area contributed by atoms with Crippen LogP contribution in [-0.4, -0.2) is 43.8 Å². The van der Waals surface area contributed by atoms with E-state index in [0.717, 1.165) is 41.1 Å². The predicted octanol–water partition coefficient (Wildman–Crippen LogP) is 6.67. The van der Waals surface area contributed by atoms with Gasteiger partial charge in [0.25, 0.3) is 10.0 Å². The minimum absolute atomic E-state index is 0.0542. The molecule has 1 atom stereocenters. The standard InChI is InChI=1S/C32H37Cl2N3O4S/c1-4-30(32(39)35-25-7-5-6-8-25)36(20-24-13-18-28(33)29(34)19-24)31(38)21-37(26-14-9-22(2)10-15-26)42(40,41)27-16-11-23(3)12-17-27/h9-19,25,30H,4-8,20-21H2,1-3H3,(H,35,39)/t30-/m0/s1. The van der Waals surface area contributed by atoms with Gasteiger partial charge in [-0.2, -0.15) is 0 Å². The number of nitrogens with one attached hydrogen (secondary N) is 1. The summed E-state index contributed by atoms with van der Waals surface area (Å²) in [6.07, 6.45) is 4.25. The Kier molecular flexibility index (Phi) is 10.6. The molecule has 0 aromatic heterocycles. The number of rotatable bonds is 11. The quantitative estimate of drug-likeness (QED) is 0.256. The lowest BCUT2D eigenvalue weighted by molar-refractivity contribution is -0.140. The summed E-state index contributed by atoms with van der Waals surface area (Å²) in [7, 11) is -4.12. The Labute approximate surface area is 258 Å². The maximum atomic E-state index is 14.2. The Morgan fingerprint density at radius 2 is 1.50 bits per heavy atom. The van der Waals surface area contributed by atoms with E-state index in [1.807, 2.05) is 20.8 Å². The molecule has 0 bridgehead atoms. The van der Waals surface area contributed by atoms with E-state index in [1.54, 1.807) is 54.6 Å². The summed E-state index contributed by atoms with van der Waals surface area (Å²) >= 11 is 12.4. The molecule has 0 spiro atoms. The van der Waals surface area contributed by atoms with Gasteiger partial charge in [0.05, 0.1) is 20.6 Å². The summed E-state index contributed by atoms with van der Waals surface area (Å²) in [6.45, 7) is 5.18. The van der Waals surface area contributed by atoms with Crippen molar-refractivity contribution in [2.24, 2.45) is 0 Å². The lowest BCUT2D eigenvalue weighted by Gasteiger charge is -2.34. The SMILES string of the molecule is CC[C@@H](C(=O)NC1CCCC1)N(Cc1ccc(Cl)c(Cl)c1)C(=O)CN(c1ccc(C)cc1)S(=O)(=O)c1ccc(C)cc1. The van der Waals surface area contributed by atoms with Gasteiger partial charge in [0, 0.05) is 12.6 Å². The summed E-state index contributed by atoms with van der Waals surface area (Å²) in [5, 5.41) is 3.81. The molecule has 1 N–H and O–H groups in total. The number of hydrogen-bond donors (Lipinski definition) is 1. The lowest BCUT2D eigenvalue weighted by atomic mass is 10.1. The van der Waals surface area contributed by atoms with E-state index >= 15 is 0 Å². The molecule has 0 heterocycles. The second kappa shape index (κ2) is 13.9. The maximum absolute atomic E-state index is 14.2. The molecule has 1 saturated carbocycles. The fourth-order valence-corrected chi connectivity index (χ4v) is 6.93. The zero-order valence-electron chi connectivity index (χ0n) is 24.1. The highest BCUT2D eigenvalue weighted by Crippen LogP contribution is 2.27. The number of carbonyl (C=O) groups is 2. The summed E-state index contributed by atoms with van der Waals surface area (Å²) in [4.78, 5) is 29.3. The summed E-state index contributed by atoms with van der Waals surface area (Å²) < 4.78 is 29.1. The Bertz CT molecular complexity index is 1510. The molecule has 0 aliphatic heterocycles. The minimum Gasteiger partial charge on any atom is -0.352 e. The van der Waals surface area contributed by atoms with Gasteiger partial charge in [-0.15, -0.1) is 0 Å². The summed E-state index contributed by atoms with van der Waals surface area (Å²) in [5.41, 5.74) is 2.90. The van der Waals surface area contributed by atoms with Crippen LogP contribution < -0.4 is 9.62 Å². The molecule has 0 unspecified atom stereocenters. The van der Waals surface area contributed by atoms with Crippen molar-refractivity contribution in [2.75, 3.05) is 10.8 Å². The molecule has 0 radical (unpaired) electrons. The van der Waals surface area contributed by atoms with E-state index in [2.05, 4.69) is 5.32 Å². The third kappa shape index (κ3) is 7.65. The first-order valence-corrected chi connectivity index (χ1v) is 16.4. The molecular weight excluding hydrogens is 593 g/mol. The average Bonchev–Trinajstić information content (AvgIpc) is 3.47. The van der Waals surface area contributed by atoms with Gasteiger partial charge in [0.15, 0.2) is 0 Å². The van der Waals surface area contributed by atoms with Crippen molar-refractivity contribution in [3.8, 4) is 0 Å². The van der Waals surface area contributed by atoms with Crippen molar-refractivity contribution >= 4 is 50.7 Å². The summed E-state index contributed by atoms with van der Waals surface area (Å²) in [6, 6.07) is 17.8. The van der Waals surface area contributed by atoms with Gasteiger partial charge in [-0.25, -0.2) is 8.42 Å². The van der Waals surface area contributed by atoms with Crippen molar-refractivity contribution in [1.82, 2.24) is 10.2 Å². The number of anilines is 1. The van der Waals surface area contributed by atoms with E-state index in [4.69, 9.17) is 23.2 Å². The van der Waals surface area contributed by atoms with Crippen LogP contribution in [-0.2, 0) is 26.2 Å². The molecule has 3 aromatic rings. The molecule has 1 aliphatic rings. The molecule has 7 nitrogen and oxygen atoms in total. The second-order valence-electron chi connectivity index (χ2n) is 10.8. The van der Waals surface area contributed by atoms with E-state index in [-0.39, 0.29) is 23.4 Å². The van der Waals surface area contributed by atoms with E-state index in [1.165, 1.54) is 17.0 Å². The number of halogens is 2. The van der Waals surface area contributed by atoms with Crippen LogP contribution in [0.3, 0.4) is 0 Å². The van der Waals surface area contributed by atoms with Crippen LogP contribution in [0, 0.1) is 13.8 Å². The molecule has 224 valence electrons. The van der Waals surface area contributed by atoms with Crippen molar-refractivity contribution in [2.45, 2.75) is 76.4 Å². The number of hydrogen-bond acceptors (Lipinski definition) is 4. The number of carbonyl (C=O) groups excluding carboxylic acids is 2. The lowest BCUT2D eigenvalue weighted by Crippen LogP contribution is -2.53. The number of benzene rings is 3. The Morgan fingerprint density at radius 1 is 0.905 bits per heavy atom. The van der Waals surface area contributed by atoms with Crippen LogP contribution in [0.25, 0.3) is 0 Å². The molecule has 0 saturated heterocycles. The van der Waals surface area contributed by atoms with E-state index < -0.39 is 28.5 Å². The summed E-state index contributed by atoms with van der Waals surface area (Å²) in [5.74, 6) is -0.758. The maximum Gasteiger partial charge on any atom is 0.264 e. The zero-order chi connectivity index (χ0) is 30.4. The topological polar surface area (TPSA) is 86.8 Å². The van der Waals surface area contributed by atoms with Crippen LogP contribution in [0.5, 0.6) is 0 Å². The Morgan fingerprint density at radius 3 is 2.07 bits per heavy atom. The van der Waals surface area contributed by atoms with Crippen LogP contribution in [0.1, 0.15) is 55.7 Å². The van der Waals surface area contributed by atoms with Gasteiger partial charge in [-0.1, -0.05) is 84.4 Å². The molecule has 42 heavy (non-hydrogen) atoms. The third-order valence-electron chi connectivity index (χ3n) is 7.63. The van der Waals surface area contributed by atoms with Gasteiger partial charge in [0.2, 0.25) is 11.8 Å². The fraction of sp³-hybridized carbons (Fsp3) is 0.375. The second-order valence-corrected chi connectivity index (χ2v) is 13.5. The van der Waals surface area contributed by atoms with E-state index in [0.29, 0.717) is 27.7 Å². The first kappa shape index (κ1) is 31.9. The van der Waals surface area contributed by atoms with Crippen LogP contribution in [0.4, 0.5) is 5.69 Å². The molecule has 1 aliphatic carbocycles. The molecule has 3 aromatic carbocycles. The van der Waals surface area contributed by atoms with Gasteiger partial charge < -0.3 is 10.2 Å². The Balaban J connectivity index is 1.72. The molecule has 4 rings (SSSR count). The van der Waals surface area contributed by atoms with Gasteiger partial charge >= 0.3 is 0 Å². The average molecular weight is 631 g/mol. The van der Waals surface area contributed by atoms with Crippen LogP contribution in [0.15, 0.2) is 71.6 Å². The van der Waals surface area contributed by atoms with Crippen molar-refractivity contribution in [3.05, 3.63) is 93.5 Å². The van der Waals surface area contributed by atoms with Crippen molar-refractivity contribution in [3.63, 3.8) is 0 Å². The number of sulfonamides is 1. The highest BCUT2D eigenvalue weighted by Gasteiger charge is 2.34. The normalized spacial score (nSPS) is 14.4. The van der Waals surface area contributed by atoms with Crippen LogP contribution >= 0.6 is 23.2 Å². The van der Waals surface area contributed by atoms with Gasteiger partial charge in [-0.3, -0.25) is 13.9 Å².